The van der Waals surface area contributed by atoms with Crippen LogP contribution in [-0.2, 0) is 5.41 Å². The SMILES string of the molecule is Cc1ccnc(-c2cccc(-c3ccccc3-c3cccc(C4(c5ccccc5)c5ccccc5-c5c(-c6cc(-c7ccccc7-c7ccccc7)nc(C)n6)cccc54)c3)c2)c1. The van der Waals surface area contributed by atoms with E-state index in [2.05, 4.69) is 219 Å². The van der Waals surface area contributed by atoms with E-state index < -0.39 is 5.41 Å². The van der Waals surface area contributed by atoms with E-state index in [9.17, 15) is 0 Å². The Kier molecular flexibility index (Phi) is 9.51. The van der Waals surface area contributed by atoms with E-state index in [4.69, 9.17) is 15.0 Å². The van der Waals surface area contributed by atoms with Crippen LogP contribution in [0.4, 0.5) is 0 Å². The van der Waals surface area contributed by atoms with Crippen molar-refractivity contribution in [2.75, 3.05) is 0 Å². The quantitative estimate of drug-likeness (QED) is 0.154. The summed E-state index contributed by atoms with van der Waals surface area (Å²) in [6.07, 6.45) is 1.89. The van der Waals surface area contributed by atoms with Gasteiger partial charge in [-0.3, -0.25) is 4.98 Å². The smallest absolute Gasteiger partial charge is 0.126 e. The van der Waals surface area contributed by atoms with E-state index >= 15 is 0 Å². The third-order valence-corrected chi connectivity index (χ3v) is 12.6. The number of benzene rings is 8. The second-order valence-electron chi connectivity index (χ2n) is 16.4. The Morgan fingerprint density at radius 2 is 0.841 bits per heavy atom. The molecule has 11 rings (SSSR count). The number of fused-ring (bicyclic) bond motifs is 3. The molecule has 1 atom stereocenters. The Morgan fingerprint density at radius 3 is 1.57 bits per heavy atom. The molecule has 0 saturated carbocycles. The average molecular weight is 806 g/mol. The van der Waals surface area contributed by atoms with Crippen molar-refractivity contribution in [1.29, 1.82) is 0 Å². The van der Waals surface area contributed by atoms with Gasteiger partial charge >= 0.3 is 0 Å². The van der Waals surface area contributed by atoms with Crippen molar-refractivity contribution in [1.82, 2.24) is 15.0 Å². The van der Waals surface area contributed by atoms with E-state index in [0.29, 0.717) is 0 Å². The zero-order chi connectivity index (χ0) is 42.3. The van der Waals surface area contributed by atoms with E-state index in [1.807, 2.05) is 19.2 Å². The minimum Gasteiger partial charge on any atom is -0.256 e. The van der Waals surface area contributed by atoms with E-state index in [1.165, 1.54) is 50.1 Å². The van der Waals surface area contributed by atoms with Gasteiger partial charge in [-0.1, -0.05) is 188 Å². The molecular weight excluding hydrogens is 763 g/mol. The highest BCUT2D eigenvalue weighted by Gasteiger charge is 2.47. The molecule has 10 aromatic rings. The number of hydrogen-bond acceptors (Lipinski definition) is 3. The van der Waals surface area contributed by atoms with Crippen molar-refractivity contribution in [3.8, 4) is 78.3 Å². The summed E-state index contributed by atoms with van der Waals surface area (Å²) in [4.78, 5) is 14.9. The summed E-state index contributed by atoms with van der Waals surface area (Å²) in [7, 11) is 0. The minimum absolute atomic E-state index is 0.615. The second-order valence-corrected chi connectivity index (χ2v) is 16.4. The molecular formula is C60H43N3. The molecule has 0 N–H and O–H groups in total. The van der Waals surface area contributed by atoms with Crippen LogP contribution in [0.5, 0.6) is 0 Å². The lowest BCUT2D eigenvalue weighted by Gasteiger charge is -2.34. The molecule has 0 radical (unpaired) electrons. The van der Waals surface area contributed by atoms with Gasteiger partial charge in [0.2, 0.25) is 0 Å². The molecule has 8 aromatic carbocycles. The number of nitrogens with zero attached hydrogens (tertiary/aromatic N) is 3. The standard InChI is InChI=1S/C60H43N3/c1-40-34-35-61-56(36-40)45-22-15-20-43(37-45)49-27-9-10-28-50(49)44-21-16-25-47(38-44)60(46-23-7-4-8-24-46)54-32-14-13-30-52(54)59-53(31-17-33-55(59)60)58-39-57(62-41(2)63-58)51-29-12-11-26-48(51)42-18-5-3-6-19-42/h3-39H,1-2H3. The highest BCUT2D eigenvalue weighted by atomic mass is 14.9. The Labute approximate surface area is 369 Å². The third kappa shape index (κ3) is 6.57. The van der Waals surface area contributed by atoms with Gasteiger partial charge in [-0.2, -0.15) is 0 Å². The van der Waals surface area contributed by atoms with Crippen molar-refractivity contribution < 1.29 is 0 Å². The van der Waals surface area contributed by atoms with Gasteiger partial charge in [0.1, 0.15) is 5.82 Å². The Balaban J connectivity index is 1.10. The van der Waals surface area contributed by atoms with Crippen LogP contribution in [0.3, 0.4) is 0 Å². The zero-order valence-electron chi connectivity index (χ0n) is 35.2. The molecule has 0 amide bonds. The summed E-state index contributed by atoms with van der Waals surface area (Å²) in [5.74, 6) is 0.732. The largest absolute Gasteiger partial charge is 0.256 e. The maximum Gasteiger partial charge on any atom is 0.126 e. The highest BCUT2D eigenvalue weighted by Crippen LogP contribution is 2.58. The number of pyridine rings is 1. The van der Waals surface area contributed by atoms with Crippen molar-refractivity contribution in [3.05, 3.63) is 258 Å². The van der Waals surface area contributed by atoms with Gasteiger partial charge in [0.15, 0.2) is 0 Å². The summed E-state index contributed by atoms with van der Waals surface area (Å²) in [6, 6.07) is 79.0. The fourth-order valence-electron chi connectivity index (χ4n) is 9.88. The van der Waals surface area contributed by atoms with Crippen LogP contribution < -0.4 is 0 Å². The van der Waals surface area contributed by atoms with E-state index in [-0.39, 0.29) is 0 Å². The lowest BCUT2D eigenvalue weighted by molar-refractivity contribution is 0.769. The Morgan fingerprint density at radius 1 is 0.333 bits per heavy atom. The molecule has 0 spiro atoms. The van der Waals surface area contributed by atoms with Gasteiger partial charge < -0.3 is 0 Å². The average Bonchev–Trinajstić information content (AvgIpc) is 3.66. The van der Waals surface area contributed by atoms with Crippen molar-refractivity contribution in [2.45, 2.75) is 19.3 Å². The first-order chi connectivity index (χ1) is 31.1. The van der Waals surface area contributed by atoms with Crippen molar-refractivity contribution >= 4 is 0 Å². The van der Waals surface area contributed by atoms with Crippen LogP contribution in [0.25, 0.3) is 78.3 Å². The molecule has 3 heteroatoms. The molecule has 0 saturated heterocycles. The maximum absolute atomic E-state index is 5.18. The fourth-order valence-corrected chi connectivity index (χ4v) is 9.88. The molecule has 298 valence electrons. The fraction of sp³-hybridized carbons (Fsp3) is 0.0500. The number of hydrogen-bond donors (Lipinski definition) is 0. The molecule has 63 heavy (non-hydrogen) atoms. The van der Waals surface area contributed by atoms with Crippen LogP contribution >= 0.6 is 0 Å². The molecule has 2 aromatic heterocycles. The predicted octanol–water partition coefficient (Wildman–Crippen LogP) is 14.9. The normalized spacial score (nSPS) is 13.9. The summed E-state index contributed by atoms with van der Waals surface area (Å²) in [5, 5.41) is 0. The van der Waals surface area contributed by atoms with Gasteiger partial charge in [0.25, 0.3) is 0 Å². The number of aryl methyl sites for hydroxylation is 2. The zero-order valence-corrected chi connectivity index (χ0v) is 35.2. The first-order valence-corrected chi connectivity index (χ1v) is 21.6. The molecule has 0 bridgehead atoms. The van der Waals surface area contributed by atoms with E-state index in [0.717, 1.165) is 61.9 Å². The van der Waals surface area contributed by atoms with Gasteiger partial charge in [0.05, 0.1) is 22.5 Å². The molecule has 0 fully saturated rings. The first kappa shape index (κ1) is 38.0. The lowest BCUT2D eigenvalue weighted by Crippen LogP contribution is -2.28. The summed E-state index contributed by atoms with van der Waals surface area (Å²) < 4.78 is 0. The van der Waals surface area contributed by atoms with Crippen LogP contribution in [0.1, 0.15) is 33.6 Å². The Bertz CT molecular complexity index is 3320. The summed E-state index contributed by atoms with van der Waals surface area (Å²) in [6.45, 7) is 4.12. The van der Waals surface area contributed by atoms with Gasteiger partial charge in [0, 0.05) is 22.9 Å². The molecule has 1 unspecified atom stereocenters. The molecule has 3 nitrogen and oxygen atoms in total. The summed E-state index contributed by atoms with van der Waals surface area (Å²) >= 11 is 0. The third-order valence-electron chi connectivity index (χ3n) is 12.6. The monoisotopic (exact) mass is 805 g/mol. The number of rotatable bonds is 8. The Hall–Kier alpha value is -8.01. The van der Waals surface area contributed by atoms with Crippen LogP contribution in [-0.4, -0.2) is 15.0 Å². The predicted molar refractivity (Wildman–Crippen MR) is 259 cm³/mol. The lowest BCUT2D eigenvalue weighted by atomic mass is 9.67. The van der Waals surface area contributed by atoms with Gasteiger partial charge in [-0.05, 0) is 117 Å². The van der Waals surface area contributed by atoms with Crippen LogP contribution in [0.2, 0.25) is 0 Å². The van der Waals surface area contributed by atoms with Gasteiger partial charge in [-0.15, -0.1) is 0 Å². The van der Waals surface area contributed by atoms with Gasteiger partial charge in [-0.25, -0.2) is 9.97 Å². The van der Waals surface area contributed by atoms with Crippen molar-refractivity contribution in [3.63, 3.8) is 0 Å². The molecule has 0 aliphatic heterocycles. The van der Waals surface area contributed by atoms with E-state index in [1.54, 1.807) is 0 Å². The van der Waals surface area contributed by atoms with Crippen molar-refractivity contribution in [2.24, 2.45) is 0 Å². The number of aromatic nitrogens is 3. The molecule has 1 aliphatic rings. The molecule has 1 aliphatic carbocycles. The highest BCUT2D eigenvalue weighted by molar-refractivity contribution is 5.96. The minimum atomic E-state index is -0.615. The summed E-state index contributed by atoms with van der Waals surface area (Å²) in [5.41, 5.74) is 20.9. The van der Waals surface area contributed by atoms with Crippen LogP contribution in [0.15, 0.2) is 225 Å². The second kappa shape index (κ2) is 15.8. The van der Waals surface area contributed by atoms with Crippen LogP contribution in [0, 0.1) is 13.8 Å². The first-order valence-electron chi connectivity index (χ1n) is 21.6. The maximum atomic E-state index is 5.18. The molecule has 2 heterocycles. The topological polar surface area (TPSA) is 38.7 Å².